The molecule has 3 rings (SSSR count). The summed E-state index contributed by atoms with van der Waals surface area (Å²) in [5.74, 6) is 1.88. The van der Waals surface area contributed by atoms with Crippen molar-refractivity contribution in [2.45, 2.75) is 26.9 Å². The lowest BCUT2D eigenvalue weighted by Crippen LogP contribution is -2.17. The van der Waals surface area contributed by atoms with Gasteiger partial charge in [0.15, 0.2) is 0 Å². The molecule has 0 bridgehead atoms. The molecule has 0 saturated carbocycles. The second-order valence-corrected chi connectivity index (χ2v) is 4.54. The average Bonchev–Trinajstić information content (AvgIpc) is 2.71. The first kappa shape index (κ1) is 10.3. The van der Waals surface area contributed by atoms with Crippen molar-refractivity contribution in [3.05, 3.63) is 53.0 Å². The van der Waals surface area contributed by atoms with E-state index in [1.807, 2.05) is 13.8 Å². The Labute approximate surface area is 101 Å². The van der Waals surface area contributed by atoms with Crippen LogP contribution in [0.3, 0.4) is 0 Å². The molecule has 0 unspecified atom stereocenters. The van der Waals surface area contributed by atoms with Crippen molar-refractivity contribution in [2.24, 2.45) is 0 Å². The molecular formula is C14H15N3. The fraction of sp³-hybridized carbons (Fsp3) is 0.286. The molecular weight excluding hydrogens is 210 g/mol. The van der Waals surface area contributed by atoms with Gasteiger partial charge < -0.3 is 4.90 Å². The number of fused-ring (bicyclic) bond motifs is 1. The van der Waals surface area contributed by atoms with E-state index >= 15 is 0 Å². The van der Waals surface area contributed by atoms with Crippen molar-refractivity contribution in [2.75, 3.05) is 4.90 Å². The monoisotopic (exact) mass is 225 g/mol. The zero-order valence-corrected chi connectivity index (χ0v) is 10.1. The second-order valence-electron chi connectivity index (χ2n) is 4.54. The summed E-state index contributed by atoms with van der Waals surface area (Å²) in [7, 11) is 0. The number of aryl methyl sites for hydroxylation is 2. The van der Waals surface area contributed by atoms with Crippen LogP contribution in [0.2, 0.25) is 0 Å². The smallest absolute Gasteiger partial charge is 0.133 e. The van der Waals surface area contributed by atoms with E-state index in [9.17, 15) is 0 Å². The summed E-state index contributed by atoms with van der Waals surface area (Å²) in [5, 5.41) is 0. The SMILES string of the molecule is Cc1cc(N2Cc3ccccc3C2)nc(C)n1. The van der Waals surface area contributed by atoms with Crippen molar-refractivity contribution in [1.29, 1.82) is 0 Å². The Hall–Kier alpha value is -1.90. The molecule has 1 aromatic heterocycles. The molecule has 0 radical (unpaired) electrons. The maximum atomic E-state index is 4.51. The fourth-order valence-electron chi connectivity index (χ4n) is 2.35. The number of rotatable bonds is 1. The van der Waals surface area contributed by atoms with Crippen LogP contribution >= 0.6 is 0 Å². The highest BCUT2D eigenvalue weighted by Crippen LogP contribution is 2.26. The average molecular weight is 225 g/mol. The van der Waals surface area contributed by atoms with Gasteiger partial charge in [-0.05, 0) is 25.0 Å². The van der Waals surface area contributed by atoms with Crippen molar-refractivity contribution >= 4 is 5.82 Å². The molecule has 0 fully saturated rings. The third-order valence-electron chi connectivity index (χ3n) is 3.12. The lowest BCUT2D eigenvalue weighted by molar-refractivity contribution is 0.837. The number of benzene rings is 1. The van der Waals surface area contributed by atoms with Crippen LogP contribution in [-0.4, -0.2) is 9.97 Å². The maximum absolute atomic E-state index is 4.51. The zero-order valence-electron chi connectivity index (χ0n) is 10.1. The molecule has 2 heterocycles. The van der Waals surface area contributed by atoms with Crippen LogP contribution in [0.4, 0.5) is 5.82 Å². The van der Waals surface area contributed by atoms with E-state index in [4.69, 9.17) is 0 Å². The van der Waals surface area contributed by atoms with Crippen LogP contribution in [0.1, 0.15) is 22.6 Å². The van der Waals surface area contributed by atoms with Gasteiger partial charge in [0, 0.05) is 24.8 Å². The van der Waals surface area contributed by atoms with Gasteiger partial charge >= 0.3 is 0 Å². The van der Waals surface area contributed by atoms with Crippen molar-refractivity contribution in [1.82, 2.24) is 9.97 Å². The molecule has 0 spiro atoms. The van der Waals surface area contributed by atoms with E-state index in [0.29, 0.717) is 0 Å². The van der Waals surface area contributed by atoms with Gasteiger partial charge in [0.25, 0.3) is 0 Å². The van der Waals surface area contributed by atoms with Crippen LogP contribution in [0.5, 0.6) is 0 Å². The number of nitrogens with zero attached hydrogens (tertiary/aromatic N) is 3. The van der Waals surface area contributed by atoms with Crippen LogP contribution in [0.15, 0.2) is 30.3 Å². The molecule has 2 aromatic rings. The first-order valence-electron chi connectivity index (χ1n) is 5.86. The van der Waals surface area contributed by atoms with Gasteiger partial charge in [-0.1, -0.05) is 24.3 Å². The van der Waals surface area contributed by atoms with Crippen molar-refractivity contribution < 1.29 is 0 Å². The molecule has 3 nitrogen and oxygen atoms in total. The van der Waals surface area contributed by atoms with E-state index in [2.05, 4.69) is 45.2 Å². The van der Waals surface area contributed by atoms with Crippen LogP contribution < -0.4 is 4.90 Å². The summed E-state index contributed by atoms with van der Waals surface area (Å²) >= 11 is 0. The third-order valence-corrected chi connectivity index (χ3v) is 3.12. The topological polar surface area (TPSA) is 29.0 Å². The number of hydrogen-bond acceptors (Lipinski definition) is 3. The Morgan fingerprint density at radius 2 is 1.65 bits per heavy atom. The minimum absolute atomic E-state index is 0.843. The first-order valence-corrected chi connectivity index (χ1v) is 5.86. The van der Waals surface area contributed by atoms with Crippen LogP contribution in [0.25, 0.3) is 0 Å². The van der Waals surface area contributed by atoms with Gasteiger partial charge in [0.05, 0.1) is 0 Å². The molecule has 0 amide bonds. The summed E-state index contributed by atoms with van der Waals surface area (Å²) in [6, 6.07) is 10.6. The van der Waals surface area contributed by atoms with Gasteiger partial charge in [-0.2, -0.15) is 0 Å². The van der Waals surface area contributed by atoms with E-state index in [1.165, 1.54) is 11.1 Å². The lowest BCUT2D eigenvalue weighted by Gasteiger charge is -2.17. The Balaban J connectivity index is 1.93. The van der Waals surface area contributed by atoms with Gasteiger partial charge in [-0.15, -0.1) is 0 Å². The van der Waals surface area contributed by atoms with Crippen LogP contribution in [-0.2, 0) is 13.1 Å². The predicted molar refractivity (Wildman–Crippen MR) is 67.8 cm³/mol. The summed E-state index contributed by atoms with van der Waals surface area (Å²) in [4.78, 5) is 11.1. The molecule has 0 saturated heterocycles. The van der Waals surface area contributed by atoms with Gasteiger partial charge in [-0.3, -0.25) is 0 Å². The largest absolute Gasteiger partial charge is 0.348 e. The second kappa shape index (κ2) is 3.84. The highest BCUT2D eigenvalue weighted by molar-refractivity contribution is 5.47. The lowest BCUT2D eigenvalue weighted by atomic mass is 10.1. The Bertz CT molecular complexity index is 518. The van der Waals surface area contributed by atoms with E-state index in [0.717, 1.165) is 30.4 Å². The Morgan fingerprint density at radius 3 is 2.24 bits per heavy atom. The molecule has 0 N–H and O–H groups in total. The van der Waals surface area contributed by atoms with E-state index in [1.54, 1.807) is 0 Å². The van der Waals surface area contributed by atoms with Gasteiger partial charge in [-0.25, -0.2) is 9.97 Å². The van der Waals surface area contributed by atoms with E-state index < -0.39 is 0 Å². The van der Waals surface area contributed by atoms with Crippen LogP contribution in [0, 0.1) is 13.8 Å². The summed E-state index contributed by atoms with van der Waals surface area (Å²) in [6.07, 6.45) is 0. The van der Waals surface area contributed by atoms with Gasteiger partial charge in [0.2, 0.25) is 0 Å². The molecule has 3 heteroatoms. The minimum Gasteiger partial charge on any atom is -0.348 e. The molecule has 0 atom stereocenters. The fourth-order valence-corrected chi connectivity index (χ4v) is 2.35. The normalized spacial score (nSPS) is 13.9. The predicted octanol–water partition coefficient (Wildman–Crippen LogP) is 2.61. The highest BCUT2D eigenvalue weighted by atomic mass is 15.2. The molecule has 0 aliphatic carbocycles. The van der Waals surface area contributed by atoms with Crippen molar-refractivity contribution in [3.63, 3.8) is 0 Å². The Morgan fingerprint density at radius 1 is 1.00 bits per heavy atom. The molecule has 86 valence electrons. The maximum Gasteiger partial charge on any atom is 0.133 e. The third kappa shape index (κ3) is 1.88. The number of aromatic nitrogens is 2. The zero-order chi connectivity index (χ0) is 11.8. The Kier molecular flexibility index (Phi) is 2.32. The van der Waals surface area contributed by atoms with Crippen molar-refractivity contribution in [3.8, 4) is 0 Å². The summed E-state index contributed by atoms with van der Waals surface area (Å²) in [5.41, 5.74) is 3.84. The highest BCUT2D eigenvalue weighted by Gasteiger charge is 2.19. The molecule has 1 aliphatic rings. The number of hydrogen-bond donors (Lipinski definition) is 0. The van der Waals surface area contributed by atoms with Gasteiger partial charge in [0.1, 0.15) is 11.6 Å². The molecule has 1 aromatic carbocycles. The molecule has 17 heavy (non-hydrogen) atoms. The quantitative estimate of drug-likeness (QED) is 0.747. The summed E-state index contributed by atoms with van der Waals surface area (Å²) < 4.78 is 0. The standard InChI is InChI=1S/C14H15N3/c1-10-7-14(16-11(2)15-10)17-8-12-5-3-4-6-13(12)9-17/h3-7H,8-9H2,1-2H3. The first-order chi connectivity index (χ1) is 8.22. The van der Waals surface area contributed by atoms with E-state index in [-0.39, 0.29) is 0 Å². The minimum atomic E-state index is 0.843. The summed E-state index contributed by atoms with van der Waals surface area (Å²) in [6.45, 7) is 5.86. The molecule has 1 aliphatic heterocycles. The number of anilines is 1.